The number of aromatic nitrogens is 1. The van der Waals surface area contributed by atoms with Crippen molar-refractivity contribution in [1.29, 1.82) is 0 Å². The first kappa shape index (κ1) is 16.6. The highest BCUT2D eigenvalue weighted by atomic mass is 19.1. The first-order valence-electron chi connectivity index (χ1n) is 7.89. The maximum atomic E-state index is 13.7. The van der Waals surface area contributed by atoms with E-state index < -0.39 is 11.6 Å². The van der Waals surface area contributed by atoms with Crippen molar-refractivity contribution < 1.29 is 23.1 Å². The van der Waals surface area contributed by atoms with E-state index in [0.29, 0.717) is 38.2 Å². The number of rotatable bonds is 4. The van der Waals surface area contributed by atoms with Gasteiger partial charge in [0.05, 0.1) is 17.9 Å². The van der Waals surface area contributed by atoms with E-state index in [-0.39, 0.29) is 29.8 Å². The van der Waals surface area contributed by atoms with Crippen LogP contribution in [0.3, 0.4) is 0 Å². The molecule has 0 unspecified atom stereocenters. The van der Waals surface area contributed by atoms with Crippen LogP contribution in [0.4, 0.5) is 8.78 Å². The molecule has 0 bridgehead atoms. The zero-order valence-corrected chi connectivity index (χ0v) is 13.0. The summed E-state index contributed by atoms with van der Waals surface area (Å²) in [5.41, 5.74) is 0.131. The Kier molecular flexibility index (Phi) is 4.89. The summed E-state index contributed by atoms with van der Waals surface area (Å²) in [5, 5.41) is 9.45. The summed E-state index contributed by atoms with van der Waals surface area (Å²) < 4.78 is 32.1. The molecular weight excluding hydrogens is 318 g/mol. The number of hydrogen-bond donors (Lipinski definition) is 1. The first-order chi connectivity index (χ1) is 11.5. The molecule has 2 heterocycles. The SMILES string of the molecule is O=C(CCc1ncc(-c2ccc(F)cc2F)o1)N1CCC(O)CC1. The van der Waals surface area contributed by atoms with E-state index in [2.05, 4.69) is 4.98 Å². The predicted molar refractivity (Wildman–Crippen MR) is 82.0 cm³/mol. The Hall–Kier alpha value is -2.28. The monoisotopic (exact) mass is 336 g/mol. The molecule has 0 spiro atoms. The van der Waals surface area contributed by atoms with Crippen LogP contribution in [0.2, 0.25) is 0 Å². The molecule has 0 saturated carbocycles. The average molecular weight is 336 g/mol. The van der Waals surface area contributed by atoms with E-state index in [0.717, 1.165) is 12.1 Å². The van der Waals surface area contributed by atoms with E-state index in [1.54, 1.807) is 4.90 Å². The number of piperidine rings is 1. The molecule has 3 rings (SSSR count). The molecule has 0 radical (unpaired) electrons. The van der Waals surface area contributed by atoms with Gasteiger partial charge in [0.25, 0.3) is 0 Å². The van der Waals surface area contributed by atoms with Gasteiger partial charge in [-0.2, -0.15) is 0 Å². The molecule has 24 heavy (non-hydrogen) atoms. The predicted octanol–water partition coefficient (Wildman–Crippen LogP) is 2.54. The molecule has 1 aromatic heterocycles. The lowest BCUT2D eigenvalue weighted by molar-refractivity contribution is -0.133. The topological polar surface area (TPSA) is 66.6 Å². The third-order valence-corrected chi connectivity index (χ3v) is 4.12. The highest BCUT2D eigenvalue weighted by Gasteiger charge is 2.21. The van der Waals surface area contributed by atoms with Crippen LogP contribution in [-0.4, -0.2) is 40.1 Å². The second kappa shape index (κ2) is 7.09. The summed E-state index contributed by atoms with van der Waals surface area (Å²) >= 11 is 0. The lowest BCUT2D eigenvalue weighted by Crippen LogP contribution is -2.40. The van der Waals surface area contributed by atoms with Crippen molar-refractivity contribution in [2.45, 2.75) is 31.8 Å². The van der Waals surface area contributed by atoms with E-state index in [1.807, 2.05) is 0 Å². The number of nitrogens with zero attached hydrogens (tertiary/aromatic N) is 2. The Morgan fingerprint density at radius 3 is 2.79 bits per heavy atom. The minimum Gasteiger partial charge on any atom is -0.441 e. The maximum absolute atomic E-state index is 13.7. The number of likely N-dealkylation sites (tertiary alicyclic amines) is 1. The Labute approximate surface area is 137 Å². The standard InChI is InChI=1S/C17H18F2N2O3/c18-11-1-2-13(14(19)9-11)15-10-20-16(24-15)3-4-17(23)21-7-5-12(22)6-8-21/h1-2,9-10,12,22H,3-8H2. The zero-order chi connectivity index (χ0) is 17.1. The molecule has 1 aliphatic heterocycles. The number of amides is 1. The van der Waals surface area contributed by atoms with Gasteiger partial charge in [0.1, 0.15) is 11.6 Å². The van der Waals surface area contributed by atoms with E-state index in [4.69, 9.17) is 4.42 Å². The lowest BCUT2D eigenvalue weighted by atomic mass is 10.1. The van der Waals surface area contributed by atoms with Gasteiger partial charge < -0.3 is 14.4 Å². The van der Waals surface area contributed by atoms with Gasteiger partial charge in [-0.1, -0.05) is 0 Å². The fourth-order valence-electron chi connectivity index (χ4n) is 2.73. The molecule has 7 heteroatoms. The van der Waals surface area contributed by atoms with Crippen molar-refractivity contribution in [3.8, 4) is 11.3 Å². The zero-order valence-electron chi connectivity index (χ0n) is 13.0. The number of benzene rings is 1. The molecule has 0 aliphatic carbocycles. The van der Waals surface area contributed by atoms with Crippen LogP contribution in [0, 0.1) is 11.6 Å². The normalized spacial score (nSPS) is 15.7. The van der Waals surface area contributed by atoms with Crippen LogP contribution in [0.5, 0.6) is 0 Å². The molecule has 128 valence electrons. The van der Waals surface area contributed by atoms with Crippen molar-refractivity contribution in [2.75, 3.05) is 13.1 Å². The average Bonchev–Trinajstić information content (AvgIpc) is 3.02. The highest BCUT2D eigenvalue weighted by molar-refractivity contribution is 5.76. The summed E-state index contributed by atoms with van der Waals surface area (Å²) in [7, 11) is 0. The third-order valence-electron chi connectivity index (χ3n) is 4.12. The minimum absolute atomic E-state index is 0.0189. The Balaban J connectivity index is 1.59. The summed E-state index contributed by atoms with van der Waals surface area (Å²) in [6.45, 7) is 1.11. The summed E-state index contributed by atoms with van der Waals surface area (Å²) in [4.78, 5) is 17.9. The van der Waals surface area contributed by atoms with Crippen molar-refractivity contribution in [1.82, 2.24) is 9.88 Å². The van der Waals surface area contributed by atoms with Crippen LogP contribution in [-0.2, 0) is 11.2 Å². The molecule has 5 nitrogen and oxygen atoms in total. The highest BCUT2D eigenvalue weighted by Crippen LogP contribution is 2.24. The van der Waals surface area contributed by atoms with Crippen molar-refractivity contribution in [3.63, 3.8) is 0 Å². The molecule has 1 amide bonds. The minimum atomic E-state index is -0.722. The number of aliphatic hydroxyl groups is 1. The van der Waals surface area contributed by atoms with Gasteiger partial charge in [-0.05, 0) is 25.0 Å². The number of aryl methyl sites for hydroxylation is 1. The van der Waals surface area contributed by atoms with E-state index >= 15 is 0 Å². The summed E-state index contributed by atoms with van der Waals surface area (Å²) in [5.74, 6) is -0.862. The number of carbonyl (C=O) groups excluding carboxylic acids is 1. The van der Waals surface area contributed by atoms with Crippen LogP contribution >= 0.6 is 0 Å². The molecule has 0 atom stereocenters. The largest absolute Gasteiger partial charge is 0.441 e. The third kappa shape index (κ3) is 3.79. The van der Waals surface area contributed by atoms with Gasteiger partial charge in [0, 0.05) is 32.0 Å². The van der Waals surface area contributed by atoms with Crippen LogP contribution in [0.1, 0.15) is 25.2 Å². The molecular formula is C17H18F2N2O3. The van der Waals surface area contributed by atoms with Gasteiger partial charge >= 0.3 is 0 Å². The Bertz CT molecular complexity index is 724. The lowest BCUT2D eigenvalue weighted by Gasteiger charge is -2.29. The Morgan fingerprint density at radius 2 is 2.08 bits per heavy atom. The van der Waals surface area contributed by atoms with Gasteiger partial charge in [0.2, 0.25) is 5.91 Å². The van der Waals surface area contributed by atoms with Gasteiger partial charge in [-0.15, -0.1) is 0 Å². The molecule has 1 aliphatic rings. The number of hydrogen-bond acceptors (Lipinski definition) is 4. The quantitative estimate of drug-likeness (QED) is 0.932. The van der Waals surface area contributed by atoms with Gasteiger partial charge in [-0.25, -0.2) is 13.8 Å². The number of halogens is 2. The second-order valence-electron chi connectivity index (χ2n) is 5.85. The summed E-state index contributed by atoms with van der Waals surface area (Å²) in [6.07, 6.45) is 2.78. The number of aliphatic hydroxyl groups excluding tert-OH is 1. The van der Waals surface area contributed by atoms with Crippen molar-refractivity contribution >= 4 is 5.91 Å². The van der Waals surface area contributed by atoms with Crippen molar-refractivity contribution in [3.05, 3.63) is 41.9 Å². The van der Waals surface area contributed by atoms with Gasteiger partial charge in [-0.3, -0.25) is 4.79 Å². The molecule has 1 saturated heterocycles. The van der Waals surface area contributed by atoms with Crippen LogP contribution in [0.15, 0.2) is 28.8 Å². The van der Waals surface area contributed by atoms with Crippen LogP contribution < -0.4 is 0 Å². The number of oxazole rings is 1. The molecule has 1 N–H and O–H groups in total. The van der Waals surface area contributed by atoms with Crippen molar-refractivity contribution in [2.24, 2.45) is 0 Å². The first-order valence-corrected chi connectivity index (χ1v) is 7.89. The smallest absolute Gasteiger partial charge is 0.223 e. The fourth-order valence-corrected chi connectivity index (χ4v) is 2.73. The van der Waals surface area contributed by atoms with Gasteiger partial charge in [0.15, 0.2) is 11.7 Å². The number of carbonyl (C=O) groups is 1. The second-order valence-corrected chi connectivity index (χ2v) is 5.85. The maximum Gasteiger partial charge on any atom is 0.223 e. The summed E-state index contributed by atoms with van der Waals surface area (Å²) in [6, 6.07) is 3.22. The van der Waals surface area contributed by atoms with E-state index in [1.165, 1.54) is 12.3 Å². The Morgan fingerprint density at radius 1 is 1.33 bits per heavy atom. The van der Waals surface area contributed by atoms with E-state index in [9.17, 15) is 18.7 Å². The molecule has 1 fully saturated rings. The molecule has 1 aromatic carbocycles. The molecule has 2 aromatic rings. The fraction of sp³-hybridized carbons (Fsp3) is 0.412. The van der Waals surface area contributed by atoms with Crippen LogP contribution in [0.25, 0.3) is 11.3 Å².